The average Bonchev–Trinajstić information content (AvgIpc) is 3.43. The van der Waals surface area contributed by atoms with E-state index in [4.69, 9.17) is 4.74 Å². The molecular weight excluding hydrogens is 357 g/mol. The molecule has 1 atom stereocenters. The van der Waals surface area contributed by atoms with Gasteiger partial charge < -0.3 is 10.1 Å². The van der Waals surface area contributed by atoms with Gasteiger partial charge in [0, 0.05) is 25.2 Å². The lowest BCUT2D eigenvalue weighted by Gasteiger charge is -2.28. The van der Waals surface area contributed by atoms with Gasteiger partial charge in [0.2, 0.25) is 5.88 Å². The first-order valence-electron chi connectivity index (χ1n) is 9.16. The van der Waals surface area contributed by atoms with E-state index in [0.29, 0.717) is 17.4 Å². The third kappa shape index (κ3) is 4.21. The van der Waals surface area contributed by atoms with E-state index in [-0.39, 0.29) is 12.6 Å². The van der Waals surface area contributed by atoms with Crippen molar-refractivity contribution in [2.75, 3.05) is 6.54 Å². The molecule has 1 saturated carbocycles. The minimum Gasteiger partial charge on any atom is -0.471 e. The van der Waals surface area contributed by atoms with Crippen molar-refractivity contribution in [1.29, 1.82) is 0 Å². The van der Waals surface area contributed by atoms with Gasteiger partial charge in [-0.05, 0) is 31.4 Å². The molecule has 0 bridgehead atoms. The third-order valence-electron chi connectivity index (χ3n) is 4.98. The fourth-order valence-corrected chi connectivity index (χ4v) is 3.44. The predicted octanol–water partition coefficient (Wildman–Crippen LogP) is 3.76. The van der Waals surface area contributed by atoms with Crippen LogP contribution in [0.15, 0.2) is 18.3 Å². The highest BCUT2D eigenvalue weighted by Crippen LogP contribution is 2.41. The van der Waals surface area contributed by atoms with Crippen LogP contribution in [0.1, 0.15) is 53.6 Å². The van der Waals surface area contributed by atoms with Crippen molar-refractivity contribution in [1.82, 2.24) is 20.3 Å². The third-order valence-corrected chi connectivity index (χ3v) is 4.98. The van der Waals surface area contributed by atoms with Gasteiger partial charge >= 0.3 is 6.18 Å². The van der Waals surface area contributed by atoms with Crippen molar-refractivity contribution in [3.63, 3.8) is 0 Å². The van der Waals surface area contributed by atoms with Gasteiger partial charge in [0.05, 0.1) is 22.5 Å². The second-order valence-corrected chi connectivity index (χ2v) is 7.20. The Hall–Kier alpha value is -2.22. The maximum atomic E-state index is 12.7. The van der Waals surface area contributed by atoms with Gasteiger partial charge in [0.15, 0.2) is 0 Å². The lowest BCUT2D eigenvalue weighted by Crippen LogP contribution is -2.32. The Bertz CT molecular complexity index is 819. The number of nitrogens with one attached hydrogen (secondary N) is 1. The molecule has 0 amide bonds. The highest BCUT2D eigenvalue weighted by Gasteiger charge is 2.33. The Labute approximate surface area is 155 Å². The maximum Gasteiger partial charge on any atom is 0.417 e. The molecule has 1 N–H and O–H groups in total. The normalized spacial score (nSPS) is 19.6. The second-order valence-electron chi connectivity index (χ2n) is 7.20. The minimum atomic E-state index is -4.39. The Morgan fingerprint density at radius 2 is 2.04 bits per heavy atom. The number of nitrogens with zero attached hydrogens (tertiary/aromatic N) is 3. The molecule has 5 nitrogen and oxygen atoms in total. The lowest BCUT2D eigenvalue weighted by molar-refractivity contribution is -0.137. The summed E-state index contributed by atoms with van der Waals surface area (Å²) in [7, 11) is 0. The SMILES string of the molecule is Cc1nc2c(c(OCc3ccc(C(F)(F)F)cn3)n1)C(CC1CC1)NCC2. The van der Waals surface area contributed by atoms with E-state index >= 15 is 0 Å². The number of hydrogen-bond donors (Lipinski definition) is 1. The van der Waals surface area contributed by atoms with Crippen LogP contribution >= 0.6 is 0 Å². The molecule has 1 aliphatic heterocycles. The molecule has 0 radical (unpaired) electrons. The van der Waals surface area contributed by atoms with Gasteiger partial charge in [0.1, 0.15) is 12.4 Å². The molecule has 27 heavy (non-hydrogen) atoms. The number of hydrogen-bond acceptors (Lipinski definition) is 5. The van der Waals surface area contributed by atoms with Gasteiger partial charge in [0.25, 0.3) is 0 Å². The number of fused-ring (bicyclic) bond motifs is 1. The number of pyridine rings is 1. The van der Waals surface area contributed by atoms with Crippen molar-refractivity contribution < 1.29 is 17.9 Å². The maximum absolute atomic E-state index is 12.7. The summed E-state index contributed by atoms with van der Waals surface area (Å²) in [4.78, 5) is 12.9. The monoisotopic (exact) mass is 378 g/mol. The number of ether oxygens (including phenoxy) is 1. The minimum absolute atomic E-state index is 0.0666. The Morgan fingerprint density at radius 1 is 1.22 bits per heavy atom. The molecule has 0 saturated heterocycles. The summed E-state index contributed by atoms with van der Waals surface area (Å²) in [5.41, 5.74) is 1.65. The zero-order chi connectivity index (χ0) is 19.0. The molecule has 3 heterocycles. The summed E-state index contributed by atoms with van der Waals surface area (Å²) in [6.45, 7) is 2.76. The number of aromatic nitrogens is 3. The van der Waals surface area contributed by atoms with E-state index in [0.717, 1.165) is 48.8 Å². The quantitative estimate of drug-likeness (QED) is 0.858. The van der Waals surface area contributed by atoms with Crippen LogP contribution in [0, 0.1) is 12.8 Å². The topological polar surface area (TPSA) is 59.9 Å². The summed E-state index contributed by atoms with van der Waals surface area (Å²) < 4.78 is 43.9. The van der Waals surface area contributed by atoms with Crippen LogP contribution in [-0.4, -0.2) is 21.5 Å². The molecule has 1 fully saturated rings. The molecule has 144 valence electrons. The molecule has 0 aromatic carbocycles. The number of halogens is 3. The zero-order valence-electron chi connectivity index (χ0n) is 15.0. The molecule has 8 heteroatoms. The van der Waals surface area contributed by atoms with E-state index in [1.165, 1.54) is 18.9 Å². The van der Waals surface area contributed by atoms with Gasteiger partial charge in [-0.15, -0.1) is 0 Å². The Balaban J connectivity index is 1.54. The highest BCUT2D eigenvalue weighted by molar-refractivity contribution is 5.36. The van der Waals surface area contributed by atoms with Crippen molar-refractivity contribution in [2.45, 2.75) is 51.4 Å². The molecule has 2 aliphatic rings. The Morgan fingerprint density at radius 3 is 2.70 bits per heavy atom. The number of aryl methyl sites for hydroxylation is 1. The molecule has 1 aliphatic carbocycles. The zero-order valence-corrected chi connectivity index (χ0v) is 15.0. The molecule has 2 aromatic heterocycles. The van der Waals surface area contributed by atoms with E-state index in [2.05, 4.69) is 20.3 Å². The van der Waals surface area contributed by atoms with Crippen LogP contribution < -0.4 is 10.1 Å². The fraction of sp³-hybridized carbons (Fsp3) is 0.526. The first-order valence-corrected chi connectivity index (χ1v) is 9.16. The average molecular weight is 378 g/mol. The predicted molar refractivity (Wildman–Crippen MR) is 92.1 cm³/mol. The largest absolute Gasteiger partial charge is 0.471 e. The van der Waals surface area contributed by atoms with Crippen LogP contribution in [0.2, 0.25) is 0 Å². The van der Waals surface area contributed by atoms with Gasteiger partial charge in [-0.1, -0.05) is 12.8 Å². The first-order chi connectivity index (χ1) is 12.9. The summed E-state index contributed by atoms with van der Waals surface area (Å²) in [5, 5.41) is 3.53. The summed E-state index contributed by atoms with van der Waals surface area (Å²) in [6, 6.07) is 2.52. The molecular formula is C19H21F3N4O. The van der Waals surface area contributed by atoms with Gasteiger partial charge in [-0.25, -0.2) is 4.98 Å². The molecule has 4 rings (SSSR count). The standard InChI is InChI=1S/C19H21F3N4O/c1-11-25-15-6-7-23-16(8-12-2-3-12)17(15)18(26-11)27-10-14-5-4-13(9-24-14)19(20,21)22/h4-5,9,12,16,23H,2-3,6-8,10H2,1H3. The van der Waals surface area contributed by atoms with Crippen LogP contribution in [0.4, 0.5) is 13.2 Å². The fourth-order valence-electron chi connectivity index (χ4n) is 3.44. The van der Waals surface area contributed by atoms with Crippen LogP contribution in [0.3, 0.4) is 0 Å². The summed E-state index contributed by atoms with van der Waals surface area (Å²) >= 11 is 0. The summed E-state index contributed by atoms with van der Waals surface area (Å²) in [6.07, 6.45) is 0.800. The van der Waals surface area contributed by atoms with E-state index in [1.807, 2.05) is 6.92 Å². The second kappa shape index (κ2) is 7.07. The van der Waals surface area contributed by atoms with Crippen molar-refractivity contribution in [3.05, 3.63) is 46.7 Å². The van der Waals surface area contributed by atoms with Crippen LogP contribution in [0.25, 0.3) is 0 Å². The van der Waals surface area contributed by atoms with E-state index < -0.39 is 11.7 Å². The summed E-state index contributed by atoms with van der Waals surface area (Å²) in [5.74, 6) is 1.88. The molecule has 0 spiro atoms. The van der Waals surface area contributed by atoms with Crippen molar-refractivity contribution in [3.8, 4) is 5.88 Å². The highest BCUT2D eigenvalue weighted by atomic mass is 19.4. The smallest absolute Gasteiger partial charge is 0.417 e. The number of alkyl halides is 3. The Kier molecular flexibility index (Phi) is 4.75. The van der Waals surface area contributed by atoms with Crippen molar-refractivity contribution in [2.24, 2.45) is 5.92 Å². The molecule has 2 aromatic rings. The van der Waals surface area contributed by atoms with Gasteiger partial charge in [-0.3, -0.25) is 4.98 Å². The van der Waals surface area contributed by atoms with E-state index in [1.54, 1.807) is 0 Å². The first kappa shape index (κ1) is 18.2. The van der Waals surface area contributed by atoms with E-state index in [9.17, 15) is 13.2 Å². The number of rotatable bonds is 5. The van der Waals surface area contributed by atoms with Gasteiger partial charge in [-0.2, -0.15) is 18.2 Å². The van der Waals surface area contributed by atoms with Crippen LogP contribution in [0.5, 0.6) is 5.88 Å². The van der Waals surface area contributed by atoms with Crippen molar-refractivity contribution >= 4 is 0 Å². The van der Waals surface area contributed by atoms with Crippen LogP contribution in [-0.2, 0) is 19.2 Å². The lowest BCUT2D eigenvalue weighted by atomic mass is 9.95. The molecule has 1 unspecified atom stereocenters.